The van der Waals surface area contributed by atoms with E-state index in [-0.39, 0.29) is 25.5 Å². The molecule has 0 radical (unpaired) electrons. The third-order valence-electron chi connectivity index (χ3n) is 3.04. The SMILES string of the molecule is C/C=C/CC(NC(=O)Cc1ccc2c(c1)OCO2)C(=O)O. The van der Waals surface area contributed by atoms with Gasteiger partial charge in [0.1, 0.15) is 6.04 Å². The van der Waals surface area contributed by atoms with Gasteiger partial charge in [-0.2, -0.15) is 0 Å². The van der Waals surface area contributed by atoms with Gasteiger partial charge in [-0.25, -0.2) is 4.79 Å². The average molecular weight is 291 g/mol. The smallest absolute Gasteiger partial charge is 0.326 e. The summed E-state index contributed by atoms with van der Waals surface area (Å²) in [5, 5.41) is 11.6. The molecule has 1 unspecified atom stereocenters. The van der Waals surface area contributed by atoms with Crippen molar-refractivity contribution in [1.82, 2.24) is 5.32 Å². The van der Waals surface area contributed by atoms with Crippen molar-refractivity contribution in [2.75, 3.05) is 6.79 Å². The molecule has 0 bridgehead atoms. The lowest BCUT2D eigenvalue weighted by Crippen LogP contribution is -2.41. The molecule has 0 aliphatic carbocycles. The summed E-state index contributed by atoms with van der Waals surface area (Å²) in [6.07, 6.45) is 3.81. The van der Waals surface area contributed by atoms with Crippen LogP contribution in [0, 0.1) is 0 Å². The molecule has 0 saturated heterocycles. The van der Waals surface area contributed by atoms with E-state index < -0.39 is 12.0 Å². The highest BCUT2D eigenvalue weighted by Crippen LogP contribution is 2.32. The van der Waals surface area contributed by atoms with Crippen LogP contribution in [0.15, 0.2) is 30.4 Å². The van der Waals surface area contributed by atoms with Crippen LogP contribution in [0.2, 0.25) is 0 Å². The van der Waals surface area contributed by atoms with E-state index in [1.165, 1.54) is 0 Å². The topological polar surface area (TPSA) is 84.9 Å². The molecule has 0 aromatic heterocycles. The molecule has 0 saturated carbocycles. The minimum Gasteiger partial charge on any atom is -0.480 e. The molecule has 1 aromatic rings. The number of amides is 1. The summed E-state index contributed by atoms with van der Waals surface area (Å²) in [6, 6.07) is 4.31. The van der Waals surface area contributed by atoms with E-state index in [1.807, 2.05) is 0 Å². The molecule has 0 fully saturated rings. The molecule has 6 nitrogen and oxygen atoms in total. The van der Waals surface area contributed by atoms with Gasteiger partial charge in [-0.3, -0.25) is 4.79 Å². The van der Waals surface area contributed by atoms with Gasteiger partial charge in [-0.1, -0.05) is 18.2 Å². The number of carboxylic acids is 1. The molecular formula is C15H17NO5. The maximum absolute atomic E-state index is 11.9. The molecule has 1 aromatic carbocycles. The Kier molecular flexibility index (Phi) is 4.81. The van der Waals surface area contributed by atoms with Crippen LogP contribution >= 0.6 is 0 Å². The Morgan fingerprint density at radius 1 is 1.38 bits per heavy atom. The quantitative estimate of drug-likeness (QED) is 0.776. The van der Waals surface area contributed by atoms with Crippen LogP contribution in [0.3, 0.4) is 0 Å². The predicted octanol–water partition coefficient (Wildman–Crippen LogP) is 1.49. The molecule has 1 aliphatic rings. The van der Waals surface area contributed by atoms with Gasteiger partial charge in [0.25, 0.3) is 0 Å². The molecule has 1 amide bonds. The molecule has 1 aliphatic heterocycles. The third-order valence-corrected chi connectivity index (χ3v) is 3.04. The summed E-state index contributed by atoms with van der Waals surface area (Å²) in [5.74, 6) is -0.141. The zero-order chi connectivity index (χ0) is 15.2. The van der Waals surface area contributed by atoms with E-state index in [0.29, 0.717) is 11.5 Å². The van der Waals surface area contributed by atoms with Crippen LogP contribution in [0.5, 0.6) is 11.5 Å². The standard InChI is InChI=1S/C15H17NO5/c1-2-3-4-11(15(18)19)16-14(17)8-10-5-6-12-13(7-10)21-9-20-12/h2-3,5-7,11H,4,8-9H2,1H3,(H,16,17)(H,18,19)/b3-2+. The van der Waals surface area contributed by atoms with Gasteiger partial charge < -0.3 is 19.9 Å². The van der Waals surface area contributed by atoms with Crippen LogP contribution in [0.1, 0.15) is 18.9 Å². The lowest BCUT2D eigenvalue weighted by atomic mass is 10.1. The molecule has 6 heteroatoms. The van der Waals surface area contributed by atoms with Crippen molar-refractivity contribution in [3.63, 3.8) is 0 Å². The summed E-state index contributed by atoms with van der Waals surface area (Å²) in [5.41, 5.74) is 0.743. The zero-order valence-electron chi connectivity index (χ0n) is 11.7. The Balaban J connectivity index is 1.95. The lowest BCUT2D eigenvalue weighted by Gasteiger charge is -2.12. The van der Waals surface area contributed by atoms with Gasteiger partial charge in [-0.15, -0.1) is 0 Å². The van der Waals surface area contributed by atoms with Gasteiger partial charge >= 0.3 is 5.97 Å². The molecule has 112 valence electrons. The first-order valence-electron chi connectivity index (χ1n) is 6.62. The minimum atomic E-state index is -1.05. The number of hydrogen-bond donors (Lipinski definition) is 2. The Morgan fingerprint density at radius 3 is 2.86 bits per heavy atom. The van der Waals surface area contributed by atoms with Crippen LogP contribution in [-0.4, -0.2) is 29.8 Å². The first-order chi connectivity index (χ1) is 10.1. The van der Waals surface area contributed by atoms with E-state index in [0.717, 1.165) is 5.56 Å². The summed E-state index contributed by atoms with van der Waals surface area (Å²) >= 11 is 0. The Bertz CT molecular complexity index is 567. The average Bonchev–Trinajstić information content (AvgIpc) is 2.90. The number of carbonyl (C=O) groups is 2. The monoisotopic (exact) mass is 291 g/mol. The summed E-state index contributed by atoms with van der Waals surface area (Å²) in [7, 11) is 0. The third kappa shape index (κ3) is 3.98. The van der Waals surface area contributed by atoms with Crippen molar-refractivity contribution in [3.05, 3.63) is 35.9 Å². The van der Waals surface area contributed by atoms with E-state index in [1.54, 1.807) is 37.3 Å². The fourth-order valence-electron chi connectivity index (χ4n) is 1.98. The van der Waals surface area contributed by atoms with E-state index in [9.17, 15) is 9.59 Å². The number of carbonyl (C=O) groups excluding carboxylic acids is 1. The first kappa shape index (κ1) is 14.9. The number of hydrogen-bond acceptors (Lipinski definition) is 4. The number of rotatable bonds is 6. The highest BCUT2D eigenvalue weighted by Gasteiger charge is 2.19. The van der Waals surface area contributed by atoms with Crippen molar-refractivity contribution in [2.45, 2.75) is 25.8 Å². The summed E-state index contributed by atoms with van der Waals surface area (Å²) < 4.78 is 10.4. The first-order valence-corrected chi connectivity index (χ1v) is 6.62. The Morgan fingerprint density at radius 2 is 2.14 bits per heavy atom. The van der Waals surface area contributed by atoms with E-state index in [4.69, 9.17) is 14.6 Å². The molecular weight excluding hydrogens is 274 g/mol. The van der Waals surface area contributed by atoms with Gasteiger partial charge in [0.15, 0.2) is 11.5 Å². The number of allylic oxidation sites excluding steroid dienone is 1. The number of carboxylic acid groups (broad SMARTS) is 1. The van der Waals surface area contributed by atoms with Gasteiger partial charge in [-0.05, 0) is 31.0 Å². The maximum Gasteiger partial charge on any atom is 0.326 e. The van der Waals surface area contributed by atoms with Crippen LogP contribution in [-0.2, 0) is 16.0 Å². The second-order valence-electron chi connectivity index (χ2n) is 4.63. The maximum atomic E-state index is 11.9. The van der Waals surface area contributed by atoms with Crippen molar-refractivity contribution in [1.29, 1.82) is 0 Å². The minimum absolute atomic E-state index is 0.0935. The summed E-state index contributed by atoms with van der Waals surface area (Å²) in [4.78, 5) is 23.0. The second kappa shape index (κ2) is 6.78. The van der Waals surface area contributed by atoms with Crippen molar-refractivity contribution in [2.24, 2.45) is 0 Å². The Hall–Kier alpha value is -2.50. The number of benzene rings is 1. The molecule has 1 atom stereocenters. The normalized spacial score (nSPS) is 14.1. The fraction of sp³-hybridized carbons (Fsp3) is 0.333. The number of nitrogens with one attached hydrogen (secondary N) is 1. The van der Waals surface area contributed by atoms with E-state index in [2.05, 4.69) is 5.32 Å². The number of fused-ring (bicyclic) bond motifs is 1. The van der Waals surface area contributed by atoms with Crippen LogP contribution in [0.4, 0.5) is 0 Å². The van der Waals surface area contributed by atoms with Crippen molar-refractivity contribution < 1.29 is 24.2 Å². The fourth-order valence-corrected chi connectivity index (χ4v) is 1.98. The summed E-state index contributed by atoms with van der Waals surface area (Å²) in [6.45, 7) is 1.97. The number of ether oxygens (including phenoxy) is 2. The molecule has 21 heavy (non-hydrogen) atoms. The van der Waals surface area contributed by atoms with Crippen molar-refractivity contribution >= 4 is 11.9 Å². The zero-order valence-corrected chi connectivity index (χ0v) is 11.7. The van der Waals surface area contributed by atoms with Gasteiger partial charge in [0.2, 0.25) is 12.7 Å². The highest BCUT2D eigenvalue weighted by molar-refractivity contribution is 5.85. The second-order valence-corrected chi connectivity index (χ2v) is 4.63. The predicted molar refractivity (Wildman–Crippen MR) is 75.3 cm³/mol. The molecule has 1 heterocycles. The van der Waals surface area contributed by atoms with Crippen molar-refractivity contribution in [3.8, 4) is 11.5 Å². The lowest BCUT2D eigenvalue weighted by molar-refractivity contribution is -0.141. The largest absolute Gasteiger partial charge is 0.480 e. The highest BCUT2D eigenvalue weighted by atomic mass is 16.7. The van der Waals surface area contributed by atoms with Gasteiger partial charge in [0.05, 0.1) is 6.42 Å². The number of aliphatic carboxylic acids is 1. The molecule has 2 rings (SSSR count). The van der Waals surface area contributed by atoms with Gasteiger partial charge in [0, 0.05) is 0 Å². The van der Waals surface area contributed by atoms with Crippen LogP contribution < -0.4 is 14.8 Å². The Labute approximate surface area is 122 Å². The molecule has 2 N–H and O–H groups in total. The molecule has 0 spiro atoms. The van der Waals surface area contributed by atoms with Crippen LogP contribution in [0.25, 0.3) is 0 Å². The van der Waals surface area contributed by atoms with E-state index >= 15 is 0 Å².